The molecule has 0 aliphatic heterocycles. The molecule has 0 fully saturated rings. The van der Waals surface area contributed by atoms with Gasteiger partial charge in [0.15, 0.2) is 0 Å². The number of aromatic carboxylic acids is 1. The molecule has 0 bridgehead atoms. The lowest BCUT2D eigenvalue weighted by atomic mass is 10.2. The normalized spacial score (nSPS) is 9.95. The second kappa shape index (κ2) is 6.70. The van der Waals surface area contributed by atoms with Gasteiger partial charge in [0.2, 0.25) is 0 Å². The fraction of sp³-hybridized carbons (Fsp3) is 0.286. The lowest BCUT2D eigenvalue weighted by molar-refractivity contribution is 0.0692. The smallest absolute Gasteiger partial charge is 0.338 e. The third-order valence-electron chi connectivity index (χ3n) is 2.58. The van der Waals surface area contributed by atoms with Crippen molar-refractivity contribution in [3.05, 3.63) is 41.7 Å². The van der Waals surface area contributed by atoms with Crippen LogP contribution in [0.4, 0.5) is 14.9 Å². The summed E-state index contributed by atoms with van der Waals surface area (Å²) in [5.74, 6) is -2.22. The number of nitrogens with zero attached hydrogens (tertiary/aromatic N) is 1. The van der Waals surface area contributed by atoms with Gasteiger partial charge in [-0.2, -0.15) is 0 Å². The molecule has 0 atom stereocenters. The zero-order chi connectivity index (χ0) is 15.3. The van der Waals surface area contributed by atoms with E-state index in [1.54, 1.807) is 6.92 Å². The van der Waals surface area contributed by atoms with E-state index in [4.69, 9.17) is 5.11 Å². The summed E-state index contributed by atoms with van der Waals surface area (Å²) in [7, 11) is 0. The molecule has 0 aromatic heterocycles. The number of carboxylic acids is 1. The number of urea groups is 1. The highest BCUT2D eigenvalue weighted by Gasteiger charge is 2.15. The highest BCUT2D eigenvalue weighted by Crippen LogP contribution is 2.15. The van der Waals surface area contributed by atoms with Crippen LogP contribution in [0.5, 0.6) is 0 Å². The van der Waals surface area contributed by atoms with Gasteiger partial charge in [0.25, 0.3) is 0 Å². The predicted octanol–water partition coefficient (Wildman–Crippen LogP) is 2.95. The standard InChI is InChI=1S/C14H17FN2O3/c1-4-17(8-9(2)3)14(20)16-10-5-6-12(15)11(7-10)13(18)19/h5-7H,2,4,8H2,1,3H3,(H,16,20)(H,18,19). The molecule has 0 aliphatic rings. The van der Waals surface area contributed by atoms with E-state index < -0.39 is 23.4 Å². The second-order valence-electron chi connectivity index (χ2n) is 4.40. The largest absolute Gasteiger partial charge is 0.478 e. The van der Waals surface area contributed by atoms with E-state index in [2.05, 4.69) is 11.9 Å². The number of nitrogens with one attached hydrogen (secondary N) is 1. The molecule has 108 valence electrons. The van der Waals surface area contributed by atoms with E-state index in [0.29, 0.717) is 13.1 Å². The Kier molecular flexibility index (Phi) is 5.25. The van der Waals surface area contributed by atoms with Crippen LogP contribution in [-0.2, 0) is 0 Å². The number of amides is 2. The molecule has 0 heterocycles. The number of halogens is 1. The molecule has 5 nitrogen and oxygen atoms in total. The topological polar surface area (TPSA) is 69.6 Å². The minimum Gasteiger partial charge on any atom is -0.478 e. The van der Waals surface area contributed by atoms with Crippen molar-refractivity contribution in [1.29, 1.82) is 0 Å². The number of hydrogen-bond donors (Lipinski definition) is 2. The number of hydrogen-bond acceptors (Lipinski definition) is 2. The van der Waals surface area contributed by atoms with E-state index in [-0.39, 0.29) is 5.69 Å². The van der Waals surface area contributed by atoms with Gasteiger partial charge in [0, 0.05) is 18.8 Å². The molecular weight excluding hydrogens is 263 g/mol. The van der Waals surface area contributed by atoms with Crippen LogP contribution < -0.4 is 5.32 Å². The fourth-order valence-corrected chi connectivity index (χ4v) is 1.62. The van der Waals surface area contributed by atoms with Crippen molar-refractivity contribution in [2.45, 2.75) is 13.8 Å². The van der Waals surface area contributed by atoms with Crippen LogP contribution in [0.3, 0.4) is 0 Å². The van der Waals surface area contributed by atoms with Crippen LogP contribution in [-0.4, -0.2) is 35.1 Å². The van der Waals surface area contributed by atoms with E-state index in [1.165, 1.54) is 11.0 Å². The van der Waals surface area contributed by atoms with Crippen LogP contribution in [0, 0.1) is 5.82 Å². The molecule has 0 radical (unpaired) electrons. The molecule has 1 aromatic carbocycles. The molecule has 0 saturated carbocycles. The van der Waals surface area contributed by atoms with Crippen molar-refractivity contribution < 1.29 is 19.1 Å². The van der Waals surface area contributed by atoms with Gasteiger partial charge in [0.05, 0.1) is 5.56 Å². The Morgan fingerprint density at radius 1 is 1.45 bits per heavy atom. The molecule has 2 N–H and O–H groups in total. The molecule has 2 amide bonds. The highest BCUT2D eigenvalue weighted by atomic mass is 19.1. The van der Waals surface area contributed by atoms with Crippen molar-refractivity contribution in [2.75, 3.05) is 18.4 Å². The monoisotopic (exact) mass is 280 g/mol. The summed E-state index contributed by atoms with van der Waals surface area (Å²) in [6, 6.07) is 3.02. The number of carbonyl (C=O) groups excluding carboxylic acids is 1. The van der Waals surface area contributed by atoms with E-state index >= 15 is 0 Å². The molecule has 0 saturated heterocycles. The van der Waals surface area contributed by atoms with Crippen LogP contribution in [0.2, 0.25) is 0 Å². The van der Waals surface area contributed by atoms with Crippen molar-refractivity contribution in [3.63, 3.8) is 0 Å². The van der Waals surface area contributed by atoms with Crippen LogP contribution >= 0.6 is 0 Å². The first kappa shape index (κ1) is 15.7. The van der Waals surface area contributed by atoms with Crippen molar-refractivity contribution in [1.82, 2.24) is 4.90 Å². The summed E-state index contributed by atoms with van der Waals surface area (Å²) >= 11 is 0. The van der Waals surface area contributed by atoms with E-state index in [9.17, 15) is 14.0 Å². The SMILES string of the molecule is C=C(C)CN(CC)C(=O)Nc1ccc(F)c(C(=O)O)c1. The lowest BCUT2D eigenvalue weighted by Crippen LogP contribution is -2.35. The van der Waals surface area contributed by atoms with Gasteiger partial charge in [-0.25, -0.2) is 14.0 Å². The maximum atomic E-state index is 13.2. The Balaban J connectivity index is 2.87. The number of carboxylic acid groups (broad SMARTS) is 1. The Morgan fingerprint density at radius 2 is 2.10 bits per heavy atom. The summed E-state index contributed by atoms with van der Waals surface area (Å²) in [6.45, 7) is 8.23. The molecule has 1 aromatic rings. The first-order chi connectivity index (χ1) is 9.35. The third kappa shape index (κ3) is 4.08. The lowest BCUT2D eigenvalue weighted by Gasteiger charge is -2.21. The Labute approximate surface area is 116 Å². The first-order valence-electron chi connectivity index (χ1n) is 6.08. The average Bonchev–Trinajstić information content (AvgIpc) is 2.37. The Morgan fingerprint density at radius 3 is 2.60 bits per heavy atom. The van der Waals surface area contributed by atoms with Gasteiger partial charge in [-0.15, -0.1) is 0 Å². The third-order valence-corrected chi connectivity index (χ3v) is 2.58. The molecule has 0 aliphatic carbocycles. The number of anilines is 1. The molecule has 1 rings (SSSR count). The molecule has 20 heavy (non-hydrogen) atoms. The first-order valence-corrected chi connectivity index (χ1v) is 6.08. The Bertz CT molecular complexity index is 543. The van der Waals surface area contributed by atoms with Gasteiger partial charge in [-0.3, -0.25) is 0 Å². The van der Waals surface area contributed by atoms with E-state index in [1.807, 2.05) is 6.92 Å². The number of likely N-dealkylation sites (N-methyl/N-ethyl adjacent to an activating group) is 1. The number of benzene rings is 1. The summed E-state index contributed by atoms with van der Waals surface area (Å²) in [5.41, 5.74) is 0.576. The summed E-state index contributed by atoms with van der Waals surface area (Å²) in [4.78, 5) is 24.3. The highest BCUT2D eigenvalue weighted by molar-refractivity contribution is 5.93. The second-order valence-corrected chi connectivity index (χ2v) is 4.40. The summed E-state index contributed by atoms with van der Waals surface area (Å²) < 4.78 is 13.2. The van der Waals surface area contributed by atoms with Gasteiger partial charge in [-0.1, -0.05) is 12.2 Å². The summed E-state index contributed by atoms with van der Waals surface area (Å²) in [5, 5.41) is 11.4. The predicted molar refractivity (Wildman–Crippen MR) is 74.4 cm³/mol. The summed E-state index contributed by atoms with van der Waals surface area (Å²) in [6.07, 6.45) is 0. The quantitative estimate of drug-likeness (QED) is 0.815. The van der Waals surface area contributed by atoms with Crippen LogP contribution in [0.25, 0.3) is 0 Å². The molecular formula is C14H17FN2O3. The zero-order valence-corrected chi connectivity index (χ0v) is 11.4. The molecule has 0 unspecified atom stereocenters. The van der Waals surface area contributed by atoms with Gasteiger partial charge < -0.3 is 15.3 Å². The maximum absolute atomic E-state index is 13.2. The van der Waals surface area contributed by atoms with Crippen molar-refractivity contribution in [3.8, 4) is 0 Å². The maximum Gasteiger partial charge on any atom is 0.338 e. The molecule has 6 heteroatoms. The van der Waals surface area contributed by atoms with Crippen molar-refractivity contribution >= 4 is 17.7 Å². The van der Waals surface area contributed by atoms with Gasteiger partial charge in [0.1, 0.15) is 5.82 Å². The average molecular weight is 280 g/mol. The van der Waals surface area contributed by atoms with Crippen molar-refractivity contribution in [2.24, 2.45) is 0 Å². The zero-order valence-electron chi connectivity index (χ0n) is 11.4. The minimum absolute atomic E-state index is 0.231. The van der Waals surface area contributed by atoms with Crippen LogP contribution in [0.15, 0.2) is 30.4 Å². The minimum atomic E-state index is -1.38. The van der Waals surface area contributed by atoms with E-state index in [0.717, 1.165) is 17.7 Å². The number of rotatable bonds is 5. The van der Waals surface area contributed by atoms with Crippen LogP contribution in [0.1, 0.15) is 24.2 Å². The fourth-order valence-electron chi connectivity index (χ4n) is 1.62. The van der Waals surface area contributed by atoms with Gasteiger partial charge >= 0.3 is 12.0 Å². The molecule has 0 spiro atoms. The Hall–Kier alpha value is -2.37. The number of carbonyl (C=O) groups is 2. The van der Waals surface area contributed by atoms with Gasteiger partial charge in [-0.05, 0) is 32.0 Å².